The van der Waals surface area contributed by atoms with E-state index in [1.807, 2.05) is 0 Å². The summed E-state index contributed by atoms with van der Waals surface area (Å²) in [5.41, 5.74) is 0. The first-order valence-electron chi connectivity index (χ1n) is 3.37. The molecule has 0 saturated carbocycles. The zero-order valence-electron chi connectivity index (χ0n) is 8.07. The minimum atomic E-state index is -5.39. The predicted molar refractivity (Wildman–Crippen MR) is 46.1 cm³/mol. The topological polar surface area (TPSA) is 204 Å². The van der Waals surface area contributed by atoms with Crippen LogP contribution in [0, 0.1) is 0 Å². The summed E-state index contributed by atoms with van der Waals surface area (Å²) >= 11 is 0. The molecule has 0 rings (SSSR count). The summed E-state index contributed by atoms with van der Waals surface area (Å²) in [6.07, 6.45) is 2.64. The summed E-state index contributed by atoms with van der Waals surface area (Å²) in [5, 5.41) is 0. The number of hydrogen-bond donors (Lipinski definition) is 0. The summed E-state index contributed by atoms with van der Waals surface area (Å²) in [6, 6.07) is 0. The van der Waals surface area contributed by atoms with E-state index in [-0.39, 0.29) is 12.9 Å². The number of hydrogen-bond acceptors (Lipinski definition) is 8. The normalized spacial score (nSPS) is 9.25. The fourth-order valence-electron chi connectivity index (χ4n) is 0. The molecule has 0 aliphatic rings. The molecule has 0 aromatic rings. The molecule has 0 radical (unpaired) electrons. The van der Waals surface area contributed by atoms with Crippen molar-refractivity contribution in [1.82, 2.24) is 0 Å². The molecular formula is C5H16O9P2-6. The first kappa shape index (κ1) is 29.8. The standard InChI is InChI=1S/C4H10.CH4.2H3O4P.H2O/c1-3-4-2;;2*1-5(2,3)4;/h3-4H2,1-2H3;1H4;2*(H3,1,2,3,4);1H2/p-6. The maximum Gasteiger partial charge on any atom is -0.0564 e. The maximum absolute atomic E-state index is 8.55. The van der Waals surface area contributed by atoms with Crippen molar-refractivity contribution in [3.8, 4) is 0 Å². The van der Waals surface area contributed by atoms with Crippen LogP contribution < -0.4 is 29.4 Å². The number of phosphoric acid groups is 2. The van der Waals surface area contributed by atoms with Gasteiger partial charge in [0.15, 0.2) is 0 Å². The van der Waals surface area contributed by atoms with Gasteiger partial charge in [-0.3, -0.25) is 0 Å². The van der Waals surface area contributed by atoms with Gasteiger partial charge in [-0.05, 0) is 0 Å². The Labute approximate surface area is 94.6 Å². The number of unbranched alkanes of at least 4 members (excludes halogenated alkanes) is 1. The molecule has 0 aliphatic heterocycles. The van der Waals surface area contributed by atoms with Crippen LogP contribution in [0.2, 0.25) is 0 Å². The predicted octanol–water partition coefficient (Wildman–Crippen LogP) is -4.03. The van der Waals surface area contributed by atoms with Gasteiger partial charge in [-0.1, -0.05) is 34.1 Å². The maximum atomic E-state index is 8.55. The smallest absolute Gasteiger partial charge is 0.0564 e. The van der Waals surface area contributed by atoms with Crippen molar-refractivity contribution in [1.29, 1.82) is 0 Å². The van der Waals surface area contributed by atoms with E-state index in [4.69, 9.17) is 38.5 Å². The molecule has 106 valence electrons. The van der Waals surface area contributed by atoms with Crippen molar-refractivity contribution in [3.63, 3.8) is 0 Å². The zero-order chi connectivity index (χ0) is 12.4. The molecule has 0 aromatic carbocycles. The van der Waals surface area contributed by atoms with E-state index >= 15 is 0 Å². The molecule has 2 N–H and O–H groups in total. The lowest BCUT2D eigenvalue weighted by Gasteiger charge is -2.36. The van der Waals surface area contributed by atoms with Crippen LogP contribution in [-0.2, 0) is 9.13 Å². The Morgan fingerprint density at radius 1 is 0.750 bits per heavy atom. The minimum absolute atomic E-state index is 0. The largest absolute Gasteiger partial charge is 0.822 e. The lowest BCUT2D eigenvalue weighted by Crippen LogP contribution is -2.24. The van der Waals surface area contributed by atoms with Gasteiger partial charge in [-0.15, -0.1) is 0 Å². The summed E-state index contributed by atoms with van der Waals surface area (Å²) in [4.78, 5) is 51.3. The van der Waals surface area contributed by atoms with Crippen molar-refractivity contribution >= 4 is 15.6 Å². The third-order valence-electron chi connectivity index (χ3n) is 0.500. The minimum Gasteiger partial charge on any atom is -0.822 e. The monoisotopic (exact) mass is 282 g/mol. The van der Waals surface area contributed by atoms with Crippen LogP contribution in [0.1, 0.15) is 34.1 Å². The molecule has 0 amide bonds. The van der Waals surface area contributed by atoms with E-state index in [2.05, 4.69) is 13.8 Å². The molecule has 0 aliphatic carbocycles. The molecule has 0 heterocycles. The van der Waals surface area contributed by atoms with Gasteiger partial charge in [0, 0.05) is 0 Å². The van der Waals surface area contributed by atoms with Crippen molar-refractivity contribution in [2.75, 3.05) is 0 Å². The van der Waals surface area contributed by atoms with Crippen molar-refractivity contribution in [2.24, 2.45) is 0 Å². The second-order valence-corrected chi connectivity index (χ2v) is 3.68. The van der Waals surface area contributed by atoms with E-state index in [0.29, 0.717) is 0 Å². The Hall–Kier alpha value is 0.180. The van der Waals surface area contributed by atoms with Crippen molar-refractivity contribution in [2.45, 2.75) is 34.1 Å². The third-order valence-corrected chi connectivity index (χ3v) is 0.500. The molecule has 0 saturated heterocycles. The second kappa shape index (κ2) is 15.2. The molecule has 0 atom stereocenters. The molecule has 0 spiro atoms. The highest BCUT2D eigenvalue weighted by Gasteiger charge is 1.56. The molecule has 9 nitrogen and oxygen atoms in total. The highest BCUT2D eigenvalue weighted by Crippen LogP contribution is 2.03. The zero-order valence-corrected chi connectivity index (χ0v) is 9.86. The van der Waals surface area contributed by atoms with Crippen LogP contribution in [0.25, 0.3) is 0 Å². The Morgan fingerprint density at radius 2 is 0.812 bits per heavy atom. The van der Waals surface area contributed by atoms with E-state index in [0.717, 1.165) is 0 Å². The number of rotatable bonds is 1. The summed E-state index contributed by atoms with van der Waals surface area (Å²) < 4.78 is 17.1. The fraction of sp³-hybridized carbons (Fsp3) is 1.00. The second-order valence-electron chi connectivity index (χ2n) is 1.89. The highest BCUT2D eigenvalue weighted by molar-refractivity contribution is 7.40. The van der Waals surface area contributed by atoms with E-state index < -0.39 is 15.6 Å². The van der Waals surface area contributed by atoms with Crippen molar-refractivity contribution < 1.29 is 44.0 Å². The SMILES string of the molecule is C.CCCC.O.O=P([O-])([O-])[O-].O=P([O-])([O-])[O-]. The Bertz CT molecular complexity index is 156. The molecule has 16 heavy (non-hydrogen) atoms. The van der Waals surface area contributed by atoms with Gasteiger partial charge in [-0.25, -0.2) is 0 Å². The van der Waals surface area contributed by atoms with Crippen LogP contribution in [0.4, 0.5) is 0 Å². The van der Waals surface area contributed by atoms with Crippen LogP contribution in [-0.4, -0.2) is 5.48 Å². The van der Waals surface area contributed by atoms with Gasteiger partial charge in [0.25, 0.3) is 0 Å². The van der Waals surface area contributed by atoms with Gasteiger partial charge < -0.3 is 44.0 Å². The van der Waals surface area contributed by atoms with Crippen LogP contribution in [0.5, 0.6) is 0 Å². The quantitative estimate of drug-likeness (QED) is 0.431. The van der Waals surface area contributed by atoms with Gasteiger partial charge in [0.1, 0.15) is 0 Å². The summed E-state index contributed by atoms with van der Waals surface area (Å²) in [7, 11) is -10.8. The van der Waals surface area contributed by atoms with Gasteiger partial charge in [0.05, 0.1) is 0 Å². The lowest BCUT2D eigenvalue weighted by molar-refractivity contribution is -0.434. The van der Waals surface area contributed by atoms with Gasteiger partial charge >= 0.3 is 0 Å². The summed E-state index contributed by atoms with van der Waals surface area (Å²) in [5.74, 6) is 0. The average molecular weight is 282 g/mol. The van der Waals surface area contributed by atoms with E-state index in [1.165, 1.54) is 12.8 Å². The van der Waals surface area contributed by atoms with Crippen LogP contribution in [0.3, 0.4) is 0 Å². The molecule has 11 heteroatoms. The van der Waals surface area contributed by atoms with E-state index in [1.54, 1.807) is 0 Å². The summed E-state index contributed by atoms with van der Waals surface area (Å²) in [6.45, 7) is 4.36. The Kier molecular flexibility index (Phi) is 28.3. The fourth-order valence-corrected chi connectivity index (χ4v) is 0. The Morgan fingerprint density at radius 3 is 0.812 bits per heavy atom. The lowest BCUT2D eigenvalue weighted by atomic mass is 10.4. The van der Waals surface area contributed by atoms with Gasteiger partial charge in [0.2, 0.25) is 0 Å². The molecule has 0 unspecified atom stereocenters. The average Bonchev–Trinajstić information content (AvgIpc) is 1.79. The highest BCUT2D eigenvalue weighted by atomic mass is 31.2. The molecule has 0 aromatic heterocycles. The van der Waals surface area contributed by atoms with E-state index in [9.17, 15) is 0 Å². The Balaban J connectivity index is -0.0000000358. The van der Waals surface area contributed by atoms with Crippen molar-refractivity contribution in [3.05, 3.63) is 0 Å². The third kappa shape index (κ3) is 1770. The first-order valence-corrected chi connectivity index (χ1v) is 6.30. The molecular weight excluding hydrogens is 266 g/mol. The molecule has 0 fully saturated rings. The van der Waals surface area contributed by atoms with Crippen LogP contribution >= 0.6 is 15.6 Å². The first-order chi connectivity index (χ1) is 5.91. The van der Waals surface area contributed by atoms with Gasteiger partial charge in [-0.2, -0.15) is 15.6 Å². The molecule has 0 bridgehead atoms. The van der Waals surface area contributed by atoms with Crippen LogP contribution in [0.15, 0.2) is 0 Å².